The predicted octanol–water partition coefficient (Wildman–Crippen LogP) is 4.50. The third kappa shape index (κ3) is 3.32. The molecular formula is C20H18BrNO4. The van der Waals surface area contributed by atoms with Crippen molar-refractivity contribution in [3.63, 3.8) is 0 Å². The average molecular weight is 416 g/mol. The Balaban J connectivity index is 2.11. The monoisotopic (exact) mass is 415 g/mol. The van der Waals surface area contributed by atoms with Crippen molar-refractivity contribution in [3.8, 4) is 22.9 Å². The topological polar surface area (TPSA) is 49.7 Å². The van der Waals surface area contributed by atoms with Crippen molar-refractivity contribution >= 4 is 21.7 Å². The van der Waals surface area contributed by atoms with Gasteiger partial charge in [-0.3, -0.25) is 4.79 Å². The average Bonchev–Trinajstić information content (AvgIpc) is 3.08. The molecule has 0 aliphatic rings. The van der Waals surface area contributed by atoms with E-state index in [1.54, 1.807) is 18.2 Å². The van der Waals surface area contributed by atoms with Gasteiger partial charge in [-0.25, -0.2) is 0 Å². The molecule has 0 spiro atoms. The van der Waals surface area contributed by atoms with Crippen LogP contribution in [0, 0.1) is 0 Å². The molecule has 0 saturated heterocycles. The first-order valence-electron chi connectivity index (χ1n) is 7.87. The van der Waals surface area contributed by atoms with Crippen molar-refractivity contribution in [1.82, 2.24) is 4.57 Å². The third-order valence-electron chi connectivity index (χ3n) is 3.98. The molecule has 3 aromatic rings. The fraction of sp³-hybridized carbons (Fsp3) is 0.150. The van der Waals surface area contributed by atoms with Crippen LogP contribution in [0.25, 0.3) is 5.69 Å². The molecule has 0 fully saturated rings. The SMILES string of the molecule is COc1cc(C(=O)c2cc(Br)cn2-c2ccccc2)cc(OC)c1OC. The zero-order valence-electron chi connectivity index (χ0n) is 14.7. The molecular weight excluding hydrogens is 398 g/mol. The van der Waals surface area contributed by atoms with Crippen molar-refractivity contribution in [1.29, 1.82) is 0 Å². The molecule has 1 aromatic heterocycles. The maximum Gasteiger partial charge on any atom is 0.210 e. The van der Waals surface area contributed by atoms with Gasteiger partial charge < -0.3 is 18.8 Å². The van der Waals surface area contributed by atoms with Crippen molar-refractivity contribution in [3.05, 3.63) is 70.5 Å². The Morgan fingerprint density at radius 1 is 0.923 bits per heavy atom. The van der Waals surface area contributed by atoms with Crippen LogP contribution in [0.1, 0.15) is 16.1 Å². The summed E-state index contributed by atoms with van der Waals surface area (Å²) in [5, 5.41) is 0. The molecule has 0 amide bonds. The Hall–Kier alpha value is -2.73. The molecule has 3 rings (SSSR count). The van der Waals surface area contributed by atoms with E-state index in [-0.39, 0.29) is 5.78 Å². The summed E-state index contributed by atoms with van der Waals surface area (Å²) < 4.78 is 18.7. The van der Waals surface area contributed by atoms with Crippen LogP contribution in [0.3, 0.4) is 0 Å². The summed E-state index contributed by atoms with van der Waals surface area (Å²) in [6.07, 6.45) is 1.86. The normalized spacial score (nSPS) is 10.5. The van der Waals surface area contributed by atoms with E-state index in [2.05, 4.69) is 15.9 Å². The third-order valence-corrected chi connectivity index (χ3v) is 4.41. The lowest BCUT2D eigenvalue weighted by Gasteiger charge is -2.14. The van der Waals surface area contributed by atoms with E-state index in [4.69, 9.17) is 14.2 Å². The molecule has 5 nitrogen and oxygen atoms in total. The molecule has 1 heterocycles. The van der Waals surface area contributed by atoms with Gasteiger partial charge in [0.15, 0.2) is 11.5 Å². The summed E-state index contributed by atoms with van der Waals surface area (Å²) in [5.41, 5.74) is 1.87. The van der Waals surface area contributed by atoms with E-state index in [0.29, 0.717) is 28.5 Å². The molecule has 6 heteroatoms. The number of methoxy groups -OCH3 is 3. The highest BCUT2D eigenvalue weighted by atomic mass is 79.9. The van der Waals surface area contributed by atoms with Crippen LogP contribution < -0.4 is 14.2 Å². The van der Waals surface area contributed by atoms with E-state index < -0.39 is 0 Å². The van der Waals surface area contributed by atoms with Gasteiger partial charge in [0.25, 0.3) is 0 Å². The minimum atomic E-state index is -0.154. The van der Waals surface area contributed by atoms with Crippen LogP contribution in [0.2, 0.25) is 0 Å². The zero-order valence-corrected chi connectivity index (χ0v) is 16.2. The lowest BCUT2D eigenvalue weighted by atomic mass is 10.1. The number of rotatable bonds is 6. The fourth-order valence-corrected chi connectivity index (χ4v) is 3.19. The summed E-state index contributed by atoms with van der Waals surface area (Å²) in [4.78, 5) is 13.2. The second-order valence-electron chi connectivity index (χ2n) is 5.49. The van der Waals surface area contributed by atoms with E-state index in [0.717, 1.165) is 10.2 Å². The van der Waals surface area contributed by atoms with Crippen LogP contribution in [0.5, 0.6) is 17.2 Å². The second-order valence-corrected chi connectivity index (χ2v) is 6.41. The largest absolute Gasteiger partial charge is 0.493 e. The van der Waals surface area contributed by atoms with Gasteiger partial charge in [-0.15, -0.1) is 0 Å². The lowest BCUT2D eigenvalue weighted by molar-refractivity contribution is 0.103. The van der Waals surface area contributed by atoms with Crippen LogP contribution in [-0.2, 0) is 0 Å². The molecule has 0 aliphatic heterocycles. The highest BCUT2D eigenvalue weighted by Crippen LogP contribution is 2.39. The summed E-state index contributed by atoms with van der Waals surface area (Å²) in [5.74, 6) is 1.17. The number of carbonyl (C=O) groups is 1. The van der Waals surface area contributed by atoms with Gasteiger partial charge in [0.2, 0.25) is 11.5 Å². The molecule has 26 heavy (non-hydrogen) atoms. The number of ether oxygens (including phenoxy) is 3. The van der Waals surface area contributed by atoms with Gasteiger partial charge in [0, 0.05) is 21.9 Å². The second kappa shape index (κ2) is 7.66. The molecule has 0 saturated carbocycles. The minimum absolute atomic E-state index is 0.154. The van der Waals surface area contributed by atoms with Crippen molar-refractivity contribution < 1.29 is 19.0 Å². The number of ketones is 1. The Kier molecular flexibility index (Phi) is 5.32. The number of nitrogens with zero attached hydrogens (tertiary/aromatic N) is 1. The van der Waals surface area contributed by atoms with Crippen molar-refractivity contribution in [2.24, 2.45) is 0 Å². The Morgan fingerprint density at radius 2 is 1.54 bits per heavy atom. The first-order chi connectivity index (χ1) is 12.6. The van der Waals surface area contributed by atoms with E-state index >= 15 is 0 Å². The lowest BCUT2D eigenvalue weighted by Crippen LogP contribution is -2.09. The van der Waals surface area contributed by atoms with E-state index in [1.807, 2.05) is 41.1 Å². The maximum absolute atomic E-state index is 13.2. The maximum atomic E-state index is 13.2. The van der Waals surface area contributed by atoms with Gasteiger partial charge >= 0.3 is 0 Å². The molecule has 2 aromatic carbocycles. The highest BCUT2D eigenvalue weighted by Gasteiger charge is 2.21. The van der Waals surface area contributed by atoms with Gasteiger partial charge in [-0.2, -0.15) is 0 Å². The highest BCUT2D eigenvalue weighted by molar-refractivity contribution is 9.10. The number of halogens is 1. The standard InChI is InChI=1S/C20H18BrNO4/c1-24-17-9-13(10-18(25-2)20(17)26-3)19(23)16-11-14(21)12-22(16)15-7-5-4-6-8-15/h4-12H,1-3H3. The van der Waals surface area contributed by atoms with Crippen LogP contribution >= 0.6 is 15.9 Å². The Labute approximate surface area is 160 Å². The van der Waals surface area contributed by atoms with Crippen LogP contribution in [0.4, 0.5) is 0 Å². The number of para-hydroxylation sites is 1. The number of benzene rings is 2. The van der Waals surface area contributed by atoms with Crippen molar-refractivity contribution in [2.75, 3.05) is 21.3 Å². The first-order valence-corrected chi connectivity index (χ1v) is 8.66. The summed E-state index contributed by atoms with van der Waals surface area (Å²) in [6.45, 7) is 0. The van der Waals surface area contributed by atoms with Crippen LogP contribution in [-0.4, -0.2) is 31.7 Å². The summed E-state index contributed by atoms with van der Waals surface area (Å²) in [7, 11) is 4.57. The summed E-state index contributed by atoms with van der Waals surface area (Å²) >= 11 is 3.46. The molecule has 0 atom stereocenters. The van der Waals surface area contributed by atoms with Gasteiger partial charge in [-0.05, 0) is 46.3 Å². The Morgan fingerprint density at radius 3 is 2.08 bits per heavy atom. The molecule has 0 bridgehead atoms. The minimum Gasteiger partial charge on any atom is -0.493 e. The number of hydrogen-bond acceptors (Lipinski definition) is 4. The van der Waals surface area contributed by atoms with Crippen molar-refractivity contribution in [2.45, 2.75) is 0 Å². The fourth-order valence-electron chi connectivity index (χ4n) is 2.77. The van der Waals surface area contributed by atoms with E-state index in [1.165, 1.54) is 21.3 Å². The van der Waals surface area contributed by atoms with Gasteiger partial charge in [-0.1, -0.05) is 18.2 Å². The van der Waals surface area contributed by atoms with Crippen LogP contribution in [0.15, 0.2) is 59.2 Å². The number of carbonyl (C=O) groups excluding carboxylic acids is 1. The van der Waals surface area contributed by atoms with Gasteiger partial charge in [0.1, 0.15) is 0 Å². The quantitative estimate of drug-likeness (QED) is 0.556. The van der Waals surface area contributed by atoms with Gasteiger partial charge in [0.05, 0.1) is 27.0 Å². The molecule has 0 N–H and O–H groups in total. The van der Waals surface area contributed by atoms with E-state index in [9.17, 15) is 4.79 Å². The smallest absolute Gasteiger partial charge is 0.210 e. The zero-order chi connectivity index (χ0) is 18.7. The number of hydrogen-bond donors (Lipinski definition) is 0. The predicted molar refractivity (Wildman–Crippen MR) is 103 cm³/mol. The number of aromatic nitrogens is 1. The molecule has 0 radical (unpaired) electrons. The molecule has 0 aliphatic carbocycles. The Bertz CT molecular complexity index is 909. The molecule has 134 valence electrons. The molecule has 0 unspecified atom stereocenters. The summed E-state index contributed by atoms with van der Waals surface area (Å²) in [6, 6.07) is 14.8. The first kappa shape index (κ1) is 18.1.